The molecular formula is C18H21BrN2O. The quantitative estimate of drug-likeness (QED) is 0.903. The highest BCUT2D eigenvalue weighted by molar-refractivity contribution is 9.10. The number of nitrogens with one attached hydrogen (secondary N) is 1. The van der Waals surface area contributed by atoms with Gasteiger partial charge in [0.2, 0.25) is 0 Å². The molecular weight excluding hydrogens is 340 g/mol. The summed E-state index contributed by atoms with van der Waals surface area (Å²) in [6.07, 6.45) is 0. The molecule has 1 atom stereocenters. The lowest BCUT2D eigenvalue weighted by Gasteiger charge is -2.36. The molecule has 4 heteroatoms. The molecule has 1 unspecified atom stereocenters. The van der Waals surface area contributed by atoms with Gasteiger partial charge in [0.25, 0.3) is 0 Å². The Morgan fingerprint density at radius 1 is 1.09 bits per heavy atom. The van der Waals surface area contributed by atoms with Crippen molar-refractivity contribution in [3.63, 3.8) is 0 Å². The first-order valence-electron chi connectivity index (χ1n) is 7.63. The molecule has 1 N–H and O–H groups in total. The molecule has 3 rings (SSSR count). The molecule has 1 aliphatic rings. The summed E-state index contributed by atoms with van der Waals surface area (Å²) in [5.74, 6) is 0.907. The van der Waals surface area contributed by atoms with E-state index in [9.17, 15) is 0 Å². The van der Waals surface area contributed by atoms with Gasteiger partial charge in [-0.3, -0.25) is 4.90 Å². The van der Waals surface area contributed by atoms with Gasteiger partial charge in [0.05, 0.1) is 13.2 Å². The maximum atomic E-state index is 5.42. The molecule has 0 amide bonds. The molecule has 1 saturated heterocycles. The third-order valence-corrected chi connectivity index (χ3v) is 4.85. The Labute approximate surface area is 140 Å². The van der Waals surface area contributed by atoms with Crippen LogP contribution in [-0.2, 0) is 0 Å². The van der Waals surface area contributed by atoms with Crippen LogP contribution in [0.3, 0.4) is 0 Å². The van der Waals surface area contributed by atoms with E-state index in [1.807, 2.05) is 6.07 Å². The first-order valence-corrected chi connectivity index (χ1v) is 8.42. The molecule has 0 aliphatic carbocycles. The van der Waals surface area contributed by atoms with E-state index in [0.717, 1.165) is 36.4 Å². The molecule has 2 aromatic carbocycles. The molecule has 0 aromatic heterocycles. The van der Waals surface area contributed by atoms with Crippen LogP contribution >= 0.6 is 15.9 Å². The summed E-state index contributed by atoms with van der Waals surface area (Å²) < 4.78 is 6.57. The van der Waals surface area contributed by atoms with Gasteiger partial charge in [-0.05, 0) is 29.3 Å². The van der Waals surface area contributed by atoms with Crippen molar-refractivity contribution in [2.24, 2.45) is 0 Å². The smallest absolute Gasteiger partial charge is 0.119 e. The number of piperazine rings is 1. The molecule has 22 heavy (non-hydrogen) atoms. The van der Waals surface area contributed by atoms with Crippen molar-refractivity contribution in [3.05, 3.63) is 64.1 Å². The van der Waals surface area contributed by atoms with Crippen LogP contribution in [0.2, 0.25) is 0 Å². The summed E-state index contributed by atoms with van der Waals surface area (Å²) in [5.41, 5.74) is 2.57. The number of rotatable bonds is 4. The van der Waals surface area contributed by atoms with Crippen LogP contribution in [0, 0.1) is 0 Å². The lowest BCUT2D eigenvalue weighted by molar-refractivity contribution is 0.197. The molecule has 3 nitrogen and oxygen atoms in total. The van der Waals surface area contributed by atoms with E-state index in [2.05, 4.69) is 68.6 Å². The molecule has 2 aromatic rings. The van der Waals surface area contributed by atoms with Gasteiger partial charge in [-0.1, -0.05) is 46.3 Å². The maximum Gasteiger partial charge on any atom is 0.119 e. The third kappa shape index (κ3) is 3.35. The monoisotopic (exact) mass is 360 g/mol. The highest BCUT2D eigenvalue weighted by Crippen LogP contribution is 2.34. The summed E-state index contributed by atoms with van der Waals surface area (Å²) in [6, 6.07) is 17.1. The van der Waals surface area contributed by atoms with Gasteiger partial charge in [-0.25, -0.2) is 0 Å². The first kappa shape index (κ1) is 15.5. The Morgan fingerprint density at radius 2 is 1.86 bits per heavy atom. The standard InChI is InChI=1S/C18H21BrN2O/c1-22-15-6-4-5-14(13-15)18(21-11-9-20-10-12-21)16-7-2-3-8-17(16)19/h2-8,13,18,20H,9-12H2,1H3. The topological polar surface area (TPSA) is 24.5 Å². The van der Waals surface area contributed by atoms with E-state index >= 15 is 0 Å². The largest absolute Gasteiger partial charge is 0.497 e. The highest BCUT2D eigenvalue weighted by atomic mass is 79.9. The molecule has 116 valence electrons. The van der Waals surface area contributed by atoms with Crippen LogP contribution < -0.4 is 10.1 Å². The minimum atomic E-state index is 0.243. The Bertz CT molecular complexity index is 626. The third-order valence-electron chi connectivity index (χ3n) is 4.13. The SMILES string of the molecule is COc1cccc(C(c2ccccc2Br)N2CCNCC2)c1. The lowest BCUT2D eigenvalue weighted by atomic mass is 9.96. The van der Waals surface area contributed by atoms with E-state index in [1.165, 1.54) is 11.1 Å². The van der Waals surface area contributed by atoms with Crippen LogP contribution in [0.25, 0.3) is 0 Å². The maximum absolute atomic E-state index is 5.42. The van der Waals surface area contributed by atoms with Crippen molar-refractivity contribution >= 4 is 15.9 Å². The summed E-state index contributed by atoms with van der Waals surface area (Å²) >= 11 is 3.72. The van der Waals surface area contributed by atoms with Gasteiger partial charge in [-0.15, -0.1) is 0 Å². The molecule has 0 saturated carbocycles. The number of nitrogens with zero attached hydrogens (tertiary/aromatic N) is 1. The van der Waals surface area contributed by atoms with Gasteiger partial charge in [0.1, 0.15) is 5.75 Å². The zero-order chi connectivity index (χ0) is 15.4. The fourth-order valence-corrected chi connectivity index (χ4v) is 3.54. The molecule has 1 aliphatic heterocycles. The van der Waals surface area contributed by atoms with E-state index in [-0.39, 0.29) is 6.04 Å². The number of benzene rings is 2. The van der Waals surface area contributed by atoms with Crippen molar-refractivity contribution in [2.45, 2.75) is 6.04 Å². The Morgan fingerprint density at radius 3 is 2.59 bits per heavy atom. The van der Waals surface area contributed by atoms with E-state index < -0.39 is 0 Å². The first-order chi connectivity index (χ1) is 10.8. The summed E-state index contributed by atoms with van der Waals surface area (Å²) in [7, 11) is 1.72. The lowest BCUT2D eigenvalue weighted by Crippen LogP contribution is -2.45. The fourth-order valence-electron chi connectivity index (χ4n) is 3.04. The average molecular weight is 361 g/mol. The van der Waals surface area contributed by atoms with E-state index in [1.54, 1.807) is 7.11 Å². The van der Waals surface area contributed by atoms with Gasteiger partial charge < -0.3 is 10.1 Å². The van der Waals surface area contributed by atoms with Crippen molar-refractivity contribution in [3.8, 4) is 5.75 Å². The zero-order valence-corrected chi connectivity index (χ0v) is 14.3. The minimum absolute atomic E-state index is 0.243. The van der Waals surface area contributed by atoms with Gasteiger partial charge >= 0.3 is 0 Å². The van der Waals surface area contributed by atoms with Crippen LogP contribution in [0.15, 0.2) is 53.0 Å². The summed E-state index contributed by atoms with van der Waals surface area (Å²) in [5, 5.41) is 3.43. The second-order valence-electron chi connectivity index (χ2n) is 5.49. The molecule has 0 radical (unpaired) electrons. The number of methoxy groups -OCH3 is 1. The Balaban J connectivity index is 2.03. The predicted octanol–water partition coefficient (Wildman–Crippen LogP) is 3.45. The number of ether oxygens (including phenoxy) is 1. The second-order valence-corrected chi connectivity index (χ2v) is 6.34. The van der Waals surface area contributed by atoms with Crippen molar-refractivity contribution in [2.75, 3.05) is 33.3 Å². The van der Waals surface area contributed by atoms with Crippen LogP contribution in [-0.4, -0.2) is 38.2 Å². The van der Waals surface area contributed by atoms with Crippen LogP contribution in [0.1, 0.15) is 17.2 Å². The minimum Gasteiger partial charge on any atom is -0.497 e. The van der Waals surface area contributed by atoms with E-state index in [0.29, 0.717) is 0 Å². The number of halogens is 1. The van der Waals surface area contributed by atoms with Crippen molar-refractivity contribution in [1.29, 1.82) is 0 Å². The van der Waals surface area contributed by atoms with Gasteiger partial charge in [0.15, 0.2) is 0 Å². The molecule has 1 fully saturated rings. The van der Waals surface area contributed by atoms with Crippen molar-refractivity contribution < 1.29 is 4.74 Å². The van der Waals surface area contributed by atoms with Gasteiger partial charge in [0, 0.05) is 30.7 Å². The van der Waals surface area contributed by atoms with Crippen LogP contribution in [0.5, 0.6) is 5.75 Å². The fraction of sp³-hybridized carbons (Fsp3) is 0.333. The van der Waals surface area contributed by atoms with Crippen LogP contribution in [0.4, 0.5) is 0 Å². The Hall–Kier alpha value is -1.36. The predicted molar refractivity (Wildman–Crippen MR) is 93.4 cm³/mol. The zero-order valence-electron chi connectivity index (χ0n) is 12.8. The van der Waals surface area contributed by atoms with E-state index in [4.69, 9.17) is 4.74 Å². The Kier molecular flexibility index (Phi) is 5.13. The molecule has 1 heterocycles. The molecule has 0 spiro atoms. The summed E-state index contributed by atoms with van der Waals surface area (Å²) in [6.45, 7) is 4.16. The molecule has 0 bridgehead atoms. The van der Waals surface area contributed by atoms with Gasteiger partial charge in [-0.2, -0.15) is 0 Å². The average Bonchev–Trinajstić information content (AvgIpc) is 2.58. The van der Waals surface area contributed by atoms with Crippen molar-refractivity contribution in [1.82, 2.24) is 10.2 Å². The summed E-state index contributed by atoms with van der Waals surface area (Å²) in [4.78, 5) is 2.53. The highest BCUT2D eigenvalue weighted by Gasteiger charge is 2.25. The number of hydrogen-bond acceptors (Lipinski definition) is 3. The normalized spacial score (nSPS) is 17.2. The second kappa shape index (κ2) is 7.27. The number of hydrogen-bond donors (Lipinski definition) is 1.